The topological polar surface area (TPSA) is 53.9 Å². The molecule has 152 valence electrons. The van der Waals surface area contributed by atoms with Gasteiger partial charge in [0.05, 0.1) is 0 Å². The van der Waals surface area contributed by atoms with Crippen LogP contribution < -0.4 is 10.2 Å². The Morgan fingerprint density at radius 1 is 1.21 bits per heavy atom. The third-order valence-corrected chi connectivity index (χ3v) is 5.48. The molecule has 28 heavy (non-hydrogen) atoms. The van der Waals surface area contributed by atoms with Crippen LogP contribution in [0.3, 0.4) is 0 Å². The molecule has 0 spiro atoms. The molecule has 2 aromatic rings. The highest BCUT2D eigenvalue weighted by Crippen LogP contribution is 2.31. The van der Waals surface area contributed by atoms with Crippen LogP contribution in [0.4, 0.5) is 5.82 Å². The summed E-state index contributed by atoms with van der Waals surface area (Å²) in [5, 5.41) is 3.94. The number of pyridine rings is 1. The lowest BCUT2D eigenvalue weighted by atomic mass is 9.85. The molecule has 1 aliphatic heterocycles. The predicted molar refractivity (Wildman–Crippen MR) is 116 cm³/mol. The summed E-state index contributed by atoms with van der Waals surface area (Å²) in [7, 11) is 0. The minimum atomic E-state index is 0.267. The maximum atomic E-state index is 4.74. The van der Waals surface area contributed by atoms with Crippen molar-refractivity contribution in [3.8, 4) is 0 Å². The van der Waals surface area contributed by atoms with E-state index in [0.717, 1.165) is 50.4 Å². The van der Waals surface area contributed by atoms with Crippen molar-refractivity contribution in [2.24, 2.45) is 5.41 Å². The molecule has 2 aromatic heterocycles. The molecule has 1 aliphatic rings. The van der Waals surface area contributed by atoms with Crippen LogP contribution in [0.25, 0.3) is 0 Å². The van der Waals surface area contributed by atoms with Crippen molar-refractivity contribution in [1.82, 2.24) is 20.3 Å². The van der Waals surface area contributed by atoms with Crippen LogP contribution in [0.15, 0.2) is 30.7 Å². The summed E-state index contributed by atoms with van der Waals surface area (Å²) in [5.41, 5.74) is 2.81. The summed E-state index contributed by atoms with van der Waals surface area (Å²) in [4.78, 5) is 15.9. The summed E-state index contributed by atoms with van der Waals surface area (Å²) in [6.07, 6.45) is 10.2. The fourth-order valence-electron chi connectivity index (χ4n) is 4.02. The third kappa shape index (κ3) is 5.51. The molecule has 0 bridgehead atoms. The number of aromatic nitrogens is 3. The average molecular weight is 382 g/mol. The fraction of sp³-hybridized carbons (Fsp3) is 0.609. The first kappa shape index (κ1) is 20.7. The van der Waals surface area contributed by atoms with Gasteiger partial charge in [-0.3, -0.25) is 4.98 Å². The Morgan fingerprint density at radius 3 is 2.57 bits per heavy atom. The lowest BCUT2D eigenvalue weighted by Gasteiger charge is -2.37. The van der Waals surface area contributed by atoms with Gasteiger partial charge in [-0.1, -0.05) is 33.8 Å². The second-order valence-corrected chi connectivity index (χ2v) is 9.15. The number of piperidine rings is 1. The summed E-state index contributed by atoms with van der Waals surface area (Å²) >= 11 is 0. The highest BCUT2D eigenvalue weighted by Gasteiger charge is 2.27. The van der Waals surface area contributed by atoms with Crippen molar-refractivity contribution in [2.75, 3.05) is 18.0 Å². The lowest BCUT2D eigenvalue weighted by Crippen LogP contribution is -2.45. The number of hydrogen-bond acceptors (Lipinski definition) is 5. The molecule has 5 nitrogen and oxygen atoms in total. The number of hydrogen-bond donors (Lipinski definition) is 1. The van der Waals surface area contributed by atoms with E-state index in [-0.39, 0.29) is 5.41 Å². The van der Waals surface area contributed by atoms with Crippen LogP contribution in [-0.4, -0.2) is 34.1 Å². The fourth-order valence-corrected chi connectivity index (χ4v) is 4.02. The molecule has 3 rings (SSSR count). The Balaban J connectivity index is 1.66. The Hall–Kier alpha value is -2.01. The van der Waals surface area contributed by atoms with Gasteiger partial charge in [-0.05, 0) is 49.7 Å². The number of nitrogens with one attached hydrogen (secondary N) is 1. The van der Waals surface area contributed by atoms with Gasteiger partial charge < -0.3 is 10.2 Å². The SMILES string of the molecule is CCc1cnc(C)nc1N1CCC(N[C@H](CC(C)(C)C)c2cccnc2)CC1. The highest BCUT2D eigenvalue weighted by atomic mass is 15.2. The smallest absolute Gasteiger partial charge is 0.135 e. The molecule has 0 radical (unpaired) electrons. The van der Waals surface area contributed by atoms with E-state index in [1.54, 1.807) is 0 Å². The maximum absolute atomic E-state index is 4.74. The quantitative estimate of drug-likeness (QED) is 0.799. The van der Waals surface area contributed by atoms with Crippen LogP contribution in [0, 0.1) is 12.3 Å². The largest absolute Gasteiger partial charge is 0.356 e. The summed E-state index contributed by atoms with van der Waals surface area (Å²) < 4.78 is 0. The van der Waals surface area contributed by atoms with Gasteiger partial charge in [-0.15, -0.1) is 0 Å². The molecule has 0 unspecified atom stereocenters. The maximum Gasteiger partial charge on any atom is 0.135 e. The third-order valence-electron chi connectivity index (χ3n) is 5.48. The summed E-state index contributed by atoms with van der Waals surface area (Å²) in [5.74, 6) is 1.99. The number of aryl methyl sites for hydroxylation is 2. The van der Waals surface area contributed by atoms with E-state index in [2.05, 4.69) is 53.9 Å². The van der Waals surface area contributed by atoms with Crippen LogP contribution in [0.5, 0.6) is 0 Å². The molecule has 1 saturated heterocycles. The van der Waals surface area contributed by atoms with Crippen molar-refractivity contribution in [3.63, 3.8) is 0 Å². The van der Waals surface area contributed by atoms with Gasteiger partial charge in [0, 0.05) is 49.3 Å². The van der Waals surface area contributed by atoms with Gasteiger partial charge in [0.2, 0.25) is 0 Å². The molecule has 1 atom stereocenters. The Morgan fingerprint density at radius 2 is 1.96 bits per heavy atom. The second-order valence-electron chi connectivity index (χ2n) is 9.15. The first-order valence-corrected chi connectivity index (χ1v) is 10.6. The minimum absolute atomic E-state index is 0.267. The molecule has 0 saturated carbocycles. The van der Waals surface area contributed by atoms with Crippen LogP contribution >= 0.6 is 0 Å². The van der Waals surface area contributed by atoms with Gasteiger partial charge in [-0.2, -0.15) is 0 Å². The van der Waals surface area contributed by atoms with E-state index in [9.17, 15) is 0 Å². The van der Waals surface area contributed by atoms with Crippen molar-refractivity contribution >= 4 is 5.82 Å². The normalized spacial score (nSPS) is 17.0. The molecular weight excluding hydrogens is 346 g/mol. The van der Waals surface area contributed by atoms with Gasteiger partial charge in [0.25, 0.3) is 0 Å². The van der Waals surface area contributed by atoms with E-state index >= 15 is 0 Å². The number of rotatable bonds is 6. The standard InChI is InChI=1S/C23H35N5/c1-6-18-16-25-17(2)26-22(18)28-12-9-20(10-13-28)27-21(14-23(3,4)5)19-8-7-11-24-15-19/h7-8,11,15-16,20-21,27H,6,9-10,12-14H2,1-5H3/t21-/m1/s1. The lowest BCUT2D eigenvalue weighted by molar-refractivity contribution is 0.277. The van der Waals surface area contributed by atoms with E-state index in [1.807, 2.05) is 31.6 Å². The molecule has 0 aliphatic carbocycles. The summed E-state index contributed by atoms with van der Waals surface area (Å²) in [6.45, 7) is 13.2. The molecule has 3 heterocycles. The number of nitrogens with zero attached hydrogens (tertiary/aromatic N) is 4. The predicted octanol–water partition coefficient (Wildman–Crippen LogP) is 4.48. The van der Waals surface area contributed by atoms with Crippen LogP contribution in [-0.2, 0) is 6.42 Å². The highest BCUT2D eigenvalue weighted by molar-refractivity contribution is 5.46. The van der Waals surface area contributed by atoms with Gasteiger partial charge in [0.15, 0.2) is 0 Å². The van der Waals surface area contributed by atoms with E-state index in [0.29, 0.717) is 12.1 Å². The molecule has 1 fully saturated rings. The molecule has 0 aromatic carbocycles. The zero-order valence-electron chi connectivity index (χ0n) is 18.1. The Kier molecular flexibility index (Phi) is 6.65. The van der Waals surface area contributed by atoms with E-state index in [4.69, 9.17) is 4.98 Å². The monoisotopic (exact) mass is 381 g/mol. The molecule has 5 heteroatoms. The van der Waals surface area contributed by atoms with Gasteiger partial charge in [0.1, 0.15) is 11.6 Å². The zero-order chi connectivity index (χ0) is 20.1. The van der Waals surface area contributed by atoms with Crippen molar-refractivity contribution in [1.29, 1.82) is 0 Å². The zero-order valence-corrected chi connectivity index (χ0v) is 18.1. The summed E-state index contributed by atoms with van der Waals surface area (Å²) in [6, 6.07) is 5.11. The van der Waals surface area contributed by atoms with Crippen molar-refractivity contribution in [2.45, 2.75) is 72.4 Å². The minimum Gasteiger partial charge on any atom is -0.356 e. The average Bonchev–Trinajstić information content (AvgIpc) is 2.68. The van der Waals surface area contributed by atoms with Crippen LogP contribution in [0.1, 0.15) is 70.0 Å². The van der Waals surface area contributed by atoms with Gasteiger partial charge in [-0.25, -0.2) is 9.97 Å². The van der Waals surface area contributed by atoms with E-state index < -0.39 is 0 Å². The van der Waals surface area contributed by atoms with E-state index in [1.165, 1.54) is 11.1 Å². The van der Waals surface area contributed by atoms with Crippen LogP contribution in [0.2, 0.25) is 0 Å². The second kappa shape index (κ2) is 8.99. The van der Waals surface area contributed by atoms with Gasteiger partial charge >= 0.3 is 0 Å². The molecule has 0 amide bonds. The molecule has 1 N–H and O–H groups in total. The van der Waals surface area contributed by atoms with Crippen molar-refractivity contribution < 1.29 is 0 Å². The first-order chi connectivity index (χ1) is 13.4. The van der Waals surface area contributed by atoms with Crippen molar-refractivity contribution in [3.05, 3.63) is 47.7 Å². The number of anilines is 1. The molecular formula is C23H35N5. The Labute approximate surface area is 170 Å². The Bertz CT molecular complexity index is 745. The first-order valence-electron chi connectivity index (χ1n) is 10.6.